The Morgan fingerprint density at radius 2 is 2.00 bits per heavy atom. The SMILES string of the molecule is CCN(Cc1ccccc1)C(=O)C1CC1C(=O)NCCCOC. The van der Waals surface area contributed by atoms with Crippen LogP contribution in [-0.2, 0) is 20.9 Å². The molecule has 1 saturated carbocycles. The van der Waals surface area contributed by atoms with Gasteiger partial charge in [0.15, 0.2) is 0 Å². The maximum Gasteiger partial charge on any atom is 0.226 e. The van der Waals surface area contributed by atoms with E-state index < -0.39 is 0 Å². The van der Waals surface area contributed by atoms with Gasteiger partial charge in [-0.2, -0.15) is 0 Å². The van der Waals surface area contributed by atoms with Gasteiger partial charge in [0, 0.05) is 33.4 Å². The quantitative estimate of drug-likeness (QED) is 0.707. The van der Waals surface area contributed by atoms with Crippen molar-refractivity contribution >= 4 is 11.8 Å². The van der Waals surface area contributed by atoms with Gasteiger partial charge in [-0.3, -0.25) is 9.59 Å². The van der Waals surface area contributed by atoms with Crippen molar-refractivity contribution in [1.29, 1.82) is 0 Å². The molecule has 1 fully saturated rings. The lowest BCUT2D eigenvalue weighted by Gasteiger charge is -2.21. The molecule has 0 radical (unpaired) electrons. The van der Waals surface area contributed by atoms with Gasteiger partial charge in [-0.05, 0) is 25.3 Å². The number of carbonyl (C=O) groups is 2. The van der Waals surface area contributed by atoms with E-state index in [2.05, 4.69) is 5.32 Å². The van der Waals surface area contributed by atoms with Crippen molar-refractivity contribution in [3.63, 3.8) is 0 Å². The number of rotatable bonds is 9. The Hall–Kier alpha value is -1.88. The van der Waals surface area contributed by atoms with Crippen LogP contribution >= 0.6 is 0 Å². The Morgan fingerprint density at radius 1 is 1.26 bits per heavy atom. The molecule has 5 nitrogen and oxygen atoms in total. The van der Waals surface area contributed by atoms with E-state index in [1.807, 2.05) is 42.2 Å². The highest BCUT2D eigenvalue weighted by Crippen LogP contribution is 2.40. The highest BCUT2D eigenvalue weighted by Gasteiger charge is 2.49. The van der Waals surface area contributed by atoms with Crippen molar-refractivity contribution in [3.8, 4) is 0 Å². The van der Waals surface area contributed by atoms with Crippen molar-refractivity contribution in [2.75, 3.05) is 26.8 Å². The van der Waals surface area contributed by atoms with E-state index in [0.717, 1.165) is 12.0 Å². The summed E-state index contributed by atoms with van der Waals surface area (Å²) in [5.41, 5.74) is 1.11. The minimum Gasteiger partial charge on any atom is -0.385 e. The van der Waals surface area contributed by atoms with E-state index in [4.69, 9.17) is 4.74 Å². The van der Waals surface area contributed by atoms with Crippen molar-refractivity contribution in [3.05, 3.63) is 35.9 Å². The lowest BCUT2D eigenvalue weighted by molar-refractivity contribution is -0.135. The maximum atomic E-state index is 12.6. The van der Waals surface area contributed by atoms with Crippen LogP contribution in [-0.4, -0.2) is 43.5 Å². The van der Waals surface area contributed by atoms with Crippen LogP contribution in [0.5, 0.6) is 0 Å². The van der Waals surface area contributed by atoms with E-state index >= 15 is 0 Å². The lowest BCUT2D eigenvalue weighted by atomic mass is 10.2. The number of benzene rings is 1. The fraction of sp³-hybridized carbons (Fsp3) is 0.556. The summed E-state index contributed by atoms with van der Waals surface area (Å²) in [6, 6.07) is 9.94. The average molecular weight is 318 g/mol. The summed E-state index contributed by atoms with van der Waals surface area (Å²) in [5, 5.41) is 2.88. The summed E-state index contributed by atoms with van der Waals surface area (Å²) < 4.78 is 4.95. The molecule has 2 amide bonds. The Bertz CT molecular complexity index is 518. The van der Waals surface area contributed by atoms with Gasteiger partial charge >= 0.3 is 0 Å². The monoisotopic (exact) mass is 318 g/mol. The third-order valence-corrected chi connectivity index (χ3v) is 4.18. The van der Waals surface area contributed by atoms with Gasteiger partial charge in [-0.15, -0.1) is 0 Å². The van der Waals surface area contributed by atoms with E-state index in [0.29, 0.717) is 32.7 Å². The second-order valence-corrected chi connectivity index (χ2v) is 5.92. The molecule has 23 heavy (non-hydrogen) atoms. The molecule has 0 bridgehead atoms. The molecular formula is C18H26N2O3. The molecule has 0 aliphatic heterocycles. The Morgan fingerprint density at radius 3 is 2.65 bits per heavy atom. The number of nitrogens with zero attached hydrogens (tertiary/aromatic N) is 1. The number of carbonyl (C=O) groups excluding carboxylic acids is 2. The normalized spacial score (nSPS) is 19.2. The number of ether oxygens (including phenoxy) is 1. The fourth-order valence-corrected chi connectivity index (χ4v) is 2.70. The molecular weight excluding hydrogens is 292 g/mol. The molecule has 2 rings (SSSR count). The highest BCUT2D eigenvalue weighted by atomic mass is 16.5. The summed E-state index contributed by atoms with van der Waals surface area (Å²) in [5.74, 6) is -0.223. The molecule has 1 N–H and O–H groups in total. The number of methoxy groups -OCH3 is 1. The minimum absolute atomic E-state index is 0.00443. The standard InChI is InChI=1S/C18H26N2O3/c1-3-20(13-14-8-5-4-6-9-14)18(22)16-12-15(16)17(21)19-10-7-11-23-2/h4-6,8-9,15-16H,3,7,10-13H2,1-2H3,(H,19,21). The molecule has 126 valence electrons. The molecule has 1 aromatic rings. The summed E-state index contributed by atoms with van der Waals surface area (Å²) in [6.07, 6.45) is 1.46. The molecule has 1 aliphatic rings. The van der Waals surface area contributed by atoms with Gasteiger partial charge in [0.05, 0.1) is 11.8 Å². The van der Waals surface area contributed by atoms with Crippen molar-refractivity contribution in [2.24, 2.45) is 11.8 Å². The Labute approximate surface area is 138 Å². The first-order chi connectivity index (χ1) is 11.2. The summed E-state index contributed by atoms with van der Waals surface area (Å²) >= 11 is 0. The third-order valence-electron chi connectivity index (χ3n) is 4.18. The highest BCUT2D eigenvalue weighted by molar-refractivity contribution is 5.92. The summed E-state index contributed by atoms with van der Waals surface area (Å²) in [4.78, 5) is 26.4. The van der Waals surface area contributed by atoms with Crippen molar-refractivity contribution in [2.45, 2.75) is 26.3 Å². The predicted octanol–water partition coefficient (Wildman–Crippen LogP) is 1.82. The van der Waals surface area contributed by atoms with Crippen LogP contribution in [0.2, 0.25) is 0 Å². The number of amides is 2. The second kappa shape index (κ2) is 8.67. The molecule has 5 heteroatoms. The number of hydrogen-bond acceptors (Lipinski definition) is 3. The molecule has 1 aliphatic carbocycles. The second-order valence-electron chi connectivity index (χ2n) is 5.92. The van der Waals surface area contributed by atoms with Crippen LogP contribution in [0.4, 0.5) is 0 Å². The molecule has 0 spiro atoms. The molecule has 0 saturated heterocycles. The van der Waals surface area contributed by atoms with E-state index in [1.54, 1.807) is 7.11 Å². The molecule has 2 unspecified atom stereocenters. The first kappa shape index (κ1) is 17.5. The van der Waals surface area contributed by atoms with E-state index in [1.165, 1.54) is 0 Å². The zero-order valence-corrected chi connectivity index (χ0v) is 14.0. The van der Waals surface area contributed by atoms with Gasteiger partial charge in [-0.25, -0.2) is 0 Å². The van der Waals surface area contributed by atoms with Crippen LogP contribution in [0.1, 0.15) is 25.3 Å². The Balaban J connectivity index is 1.80. The van der Waals surface area contributed by atoms with Crippen molar-refractivity contribution in [1.82, 2.24) is 10.2 Å². The first-order valence-electron chi connectivity index (χ1n) is 8.26. The lowest BCUT2D eigenvalue weighted by Crippen LogP contribution is -2.34. The van der Waals surface area contributed by atoms with Gasteiger partial charge in [0.2, 0.25) is 11.8 Å². The fourth-order valence-electron chi connectivity index (χ4n) is 2.70. The van der Waals surface area contributed by atoms with Gasteiger partial charge in [0.1, 0.15) is 0 Å². The minimum atomic E-state index is -0.158. The predicted molar refractivity (Wildman–Crippen MR) is 88.6 cm³/mol. The summed E-state index contributed by atoms with van der Waals surface area (Å²) in [7, 11) is 1.64. The first-order valence-corrected chi connectivity index (χ1v) is 8.26. The molecule has 0 heterocycles. The third kappa shape index (κ3) is 5.06. The molecule has 0 aromatic heterocycles. The zero-order valence-electron chi connectivity index (χ0n) is 14.0. The van der Waals surface area contributed by atoms with Gasteiger partial charge in [-0.1, -0.05) is 30.3 Å². The molecule has 2 atom stereocenters. The summed E-state index contributed by atoms with van der Waals surface area (Å²) in [6.45, 7) is 4.48. The van der Waals surface area contributed by atoms with Crippen LogP contribution in [0.3, 0.4) is 0 Å². The Kier molecular flexibility index (Phi) is 6.59. The van der Waals surface area contributed by atoms with Crippen molar-refractivity contribution < 1.29 is 14.3 Å². The number of nitrogens with one attached hydrogen (secondary N) is 1. The van der Waals surface area contributed by atoms with Crippen LogP contribution in [0, 0.1) is 11.8 Å². The van der Waals surface area contributed by atoms with Gasteiger partial charge in [0.25, 0.3) is 0 Å². The topological polar surface area (TPSA) is 58.6 Å². The molecule has 1 aromatic carbocycles. The maximum absolute atomic E-state index is 12.6. The zero-order chi connectivity index (χ0) is 16.7. The van der Waals surface area contributed by atoms with E-state index in [-0.39, 0.29) is 23.7 Å². The van der Waals surface area contributed by atoms with Gasteiger partial charge < -0.3 is 15.0 Å². The largest absolute Gasteiger partial charge is 0.385 e. The van der Waals surface area contributed by atoms with Crippen LogP contribution in [0.25, 0.3) is 0 Å². The van der Waals surface area contributed by atoms with E-state index in [9.17, 15) is 9.59 Å². The smallest absolute Gasteiger partial charge is 0.226 e. The average Bonchev–Trinajstić information content (AvgIpc) is 3.37. The number of hydrogen-bond donors (Lipinski definition) is 1. The van der Waals surface area contributed by atoms with Crippen LogP contribution in [0.15, 0.2) is 30.3 Å². The van der Waals surface area contributed by atoms with Crippen LogP contribution < -0.4 is 5.32 Å².